The average Bonchev–Trinajstić information content (AvgIpc) is 2.45. The van der Waals surface area contributed by atoms with Crippen LogP contribution < -0.4 is 0 Å². The molecular formula is C14H13N3O3. The fourth-order valence-corrected chi connectivity index (χ4v) is 1.76. The van der Waals surface area contributed by atoms with Crippen molar-refractivity contribution in [3.05, 3.63) is 48.8 Å². The van der Waals surface area contributed by atoms with Gasteiger partial charge in [-0.3, -0.25) is 14.6 Å². The summed E-state index contributed by atoms with van der Waals surface area (Å²) in [5.74, 6) is -1.57. The Kier molecular flexibility index (Phi) is 4.05. The third-order valence-corrected chi connectivity index (χ3v) is 2.63. The van der Waals surface area contributed by atoms with E-state index < -0.39 is 18.4 Å². The summed E-state index contributed by atoms with van der Waals surface area (Å²) in [6, 6.07) is 7.15. The number of carbonyl (C=O) groups is 2. The number of aliphatic carboxylic acids is 1. The molecule has 0 aliphatic carbocycles. The van der Waals surface area contributed by atoms with Crippen molar-refractivity contribution in [2.45, 2.75) is 0 Å². The maximum Gasteiger partial charge on any atom is 0.323 e. The number of amides is 1. The summed E-state index contributed by atoms with van der Waals surface area (Å²) in [6.07, 6.45) is 2.82. The van der Waals surface area contributed by atoms with Crippen LogP contribution in [0.5, 0.6) is 0 Å². The number of fused-ring (bicyclic) bond motifs is 1. The second kappa shape index (κ2) is 5.92. The summed E-state index contributed by atoms with van der Waals surface area (Å²) in [5, 5.41) is 8.81. The monoisotopic (exact) mass is 271 g/mol. The molecule has 0 aliphatic heterocycles. The lowest BCUT2D eigenvalue weighted by Crippen LogP contribution is -2.36. The molecule has 1 heterocycles. The van der Waals surface area contributed by atoms with Gasteiger partial charge in [-0.05, 0) is 12.1 Å². The highest BCUT2D eigenvalue weighted by Crippen LogP contribution is 2.10. The van der Waals surface area contributed by atoms with Crippen molar-refractivity contribution < 1.29 is 14.7 Å². The van der Waals surface area contributed by atoms with Gasteiger partial charge in [0, 0.05) is 6.54 Å². The summed E-state index contributed by atoms with van der Waals surface area (Å²) in [7, 11) is 0. The molecule has 0 unspecified atom stereocenters. The van der Waals surface area contributed by atoms with Gasteiger partial charge in [-0.15, -0.1) is 6.58 Å². The van der Waals surface area contributed by atoms with E-state index in [1.165, 1.54) is 12.3 Å². The molecule has 0 radical (unpaired) electrons. The Labute approximate surface area is 115 Å². The number of carboxylic acid groups (broad SMARTS) is 1. The van der Waals surface area contributed by atoms with Crippen molar-refractivity contribution in [3.63, 3.8) is 0 Å². The molecule has 0 fully saturated rings. The third-order valence-electron chi connectivity index (χ3n) is 2.63. The number of carboxylic acids is 1. The average molecular weight is 271 g/mol. The molecule has 0 saturated carbocycles. The molecule has 0 spiro atoms. The van der Waals surface area contributed by atoms with Crippen LogP contribution in [0.25, 0.3) is 11.0 Å². The maximum absolute atomic E-state index is 12.2. The first-order chi connectivity index (χ1) is 9.61. The van der Waals surface area contributed by atoms with Gasteiger partial charge in [0.2, 0.25) is 0 Å². The van der Waals surface area contributed by atoms with E-state index in [1.54, 1.807) is 18.2 Å². The zero-order chi connectivity index (χ0) is 14.5. The zero-order valence-electron chi connectivity index (χ0n) is 10.7. The Morgan fingerprint density at radius 1 is 1.30 bits per heavy atom. The van der Waals surface area contributed by atoms with Gasteiger partial charge in [-0.2, -0.15) is 0 Å². The van der Waals surface area contributed by atoms with Gasteiger partial charge >= 0.3 is 5.97 Å². The van der Waals surface area contributed by atoms with Gasteiger partial charge in [0.05, 0.1) is 17.2 Å². The maximum atomic E-state index is 12.2. The molecule has 6 heteroatoms. The van der Waals surface area contributed by atoms with Crippen LogP contribution in [0.15, 0.2) is 43.1 Å². The molecule has 6 nitrogen and oxygen atoms in total. The molecular weight excluding hydrogens is 258 g/mol. The predicted octanol–water partition coefficient (Wildman–Crippen LogP) is 1.34. The Morgan fingerprint density at radius 2 is 2.00 bits per heavy atom. The summed E-state index contributed by atoms with van der Waals surface area (Å²) in [4.78, 5) is 32.5. The van der Waals surface area contributed by atoms with Gasteiger partial charge < -0.3 is 10.0 Å². The molecule has 0 saturated heterocycles. The summed E-state index contributed by atoms with van der Waals surface area (Å²) >= 11 is 0. The quantitative estimate of drug-likeness (QED) is 0.830. The summed E-state index contributed by atoms with van der Waals surface area (Å²) in [6.45, 7) is 3.25. The first-order valence-electron chi connectivity index (χ1n) is 5.95. The van der Waals surface area contributed by atoms with E-state index in [-0.39, 0.29) is 12.2 Å². The highest BCUT2D eigenvalue weighted by Gasteiger charge is 2.19. The second-order valence-electron chi connectivity index (χ2n) is 4.11. The van der Waals surface area contributed by atoms with E-state index in [1.807, 2.05) is 6.07 Å². The van der Waals surface area contributed by atoms with Gasteiger partial charge in [0.25, 0.3) is 5.91 Å². The largest absolute Gasteiger partial charge is 0.480 e. The van der Waals surface area contributed by atoms with Crippen LogP contribution in [0, 0.1) is 0 Å². The smallest absolute Gasteiger partial charge is 0.323 e. The van der Waals surface area contributed by atoms with Crippen molar-refractivity contribution in [1.82, 2.24) is 14.9 Å². The first-order valence-corrected chi connectivity index (χ1v) is 5.95. The highest BCUT2D eigenvalue weighted by molar-refractivity contribution is 5.95. The number of rotatable bonds is 5. The van der Waals surface area contributed by atoms with Crippen LogP contribution in [0.3, 0.4) is 0 Å². The lowest BCUT2D eigenvalue weighted by Gasteiger charge is -2.18. The van der Waals surface area contributed by atoms with E-state index in [2.05, 4.69) is 16.5 Å². The standard InChI is InChI=1S/C14H13N3O3/c1-2-7-17(9-13(18)19)14(20)12-8-15-10-5-3-4-6-11(10)16-12/h2-6,8H,1,7,9H2,(H,18,19). The molecule has 0 bridgehead atoms. The molecule has 1 N–H and O–H groups in total. The van der Waals surface area contributed by atoms with Gasteiger partial charge in [-0.1, -0.05) is 18.2 Å². The molecule has 1 aromatic carbocycles. The molecule has 1 amide bonds. The Bertz CT molecular complexity index is 670. The normalized spacial score (nSPS) is 10.2. The number of carbonyl (C=O) groups excluding carboxylic acids is 1. The van der Waals surface area contributed by atoms with Crippen molar-refractivity contribution in [3.8, 4) is 0 Å². The van der Waals surface area contributed by atoms with Gasteiger partial charge in [-0.25, -0.2) is 4.98 Å². The number of nitrogens with zero attached hydrogens (tertiary/aromatic N) is 3. The molecule has 20 heavy (non-hydrogen) atoms. The Hall–Kier alpha value is -2.76. The van der Waals surface area contributed by atoms with Crippen molar-refractivity contribution in [1.29, 1.82) is 0 Å². The SMILES string of the molecule is C=CCN(CC(=O)O)C(=O)c1cnc2ccccc2n1. The number of hydrogen-bond donors (Lipinski definition) is 1. The number of aromatic nitrogens is 2. The van der Waals surface area contributed by atoms with Gasteiger partial charge in [0.1, 0.15) is 12.2 Å². The van der Waals surface area contributed by atoms with Crippen LogP contribution in [0.4, 0.5) is 0 Å². The topological polar surface area (TPSA) is 83.4 Å². The van der Waals surface area contributed by atoms with Crippen molar-refractivity contribution in [2.24, 2.45) is 0 Å². The number of benzene rings is 1. The van der Waals surface area contributed by atoms with E-state index in [4.69, 9.17) is 5.11 Å². The van der Waals surface area contributed by atoms with Gasteiger partial charge in [0.15, 0.2) is 0 Å². The zero-order valence-corrected chi connectivity index (χ0v) is 10.7. The molecule has 2 aromatic rings. The third kappa shape index (κ3) is 2.97. The molecule has 0 atom stereocenters. The lowest BCUT2D eigenvalue weighted by atomic mass is 10.3. The first kappa shape index (κ1) is 13.7. The van der Waals surface area contributed by atoms with E-state index in [0.29, 0.717) is 11.0 Å². The van der Waals surface area contributed by atoms with Crippen molar-refractivity contribution >= 4 is 22.9 Å². The summed E-state index contributed by atoms with van der Waals surface area (Å²) in [5.41, 5.74) is 1.39. The molecule has 102 valence electrons. The Morgan fingerprint density at radius 3 is 2.65 bits per heavy atom. The minimum Gasteiger partial charge on any atom is -0.480 e. The van der Waals surface area contributed by atoms with E-state index in [0.717, 1.165) is 4.90 Å². The summed E-state index contributed by atoms with van der Waals surface area (Å²) < 4.78 is 0. The van der Waals surface area contributed by atoms with Crippen LogP contribution in [-0.2, 0) is 4.79 Å². The number of para-hydroxylation sites is 2. The Balaban J connectivity index is 2.32. The predicted molar refractivity (Wildman–Crippen MR) is 73.3 cm³/mol. The molecule has 2 rings (SSSR count). The fraction of sp³-hybridized carbons (Fsp3) is 0.143. The van der Waals surface area contributed by atoms with Crippen molar-refractivity contribution in [2.75, 3.05) is 13.1 Å². The number of hydrogen-bond acceptors (Lipinski definition) is 4. The van der Waals surface area contributed by atoms with E-state index in [9.17, 15) is 9.59 Å². The second-order valence-corrected chi connectivity index (χ2v) is 4.11. The van der Waals surface area contributed by atoms with Crippen LogP contribution in [0.2, 0.25) is 0 Å². The highest BCUT2D eigenvalue weighted by atomic mass is 16.4. The van der Waals surface area contributed by atoms with Crippen LogP contribution >= 0.6 is 0 Å². The minimum atomic E-state index is -1.09. The minimum absolute atomic E-state index is 0.117. The molecule has 1 aromatic heterocycles. The fourth-order valence-electron chi connectivity index (χ4n) is 1.76. The van der Waals surface area contributed by atoms with Crippen LogP contribution in [0.1, 0.15) is 10.5 Å². The van der Waals surface area contributed by atoms with E-state index >= 15 is 0 Å². The lowest BCUT2D eigenvalue weighted by molar-refractivity contribution is -0.137. The molecule has 0 aliphatic rings. The van der Waals surface area contributed by atoms with Crippen LogP contribution in [-0.4, -0.2) is 44.9 Å².